The number of ether oxygens (including phenoxy) is 1. The molecule has 4 heteroatoms. The molecule has 2 rings (SSSR count). The van der Waals surface area contributed by atoms with Crippen LogP contribution in [0.3, 0.4) is 0 Å². The summed E-state index contributed by atoms with van der Waals surface area (Å²) in [6, 6.07) is 6.17. The van der Waals surface area contributed by atoms with Gasteiger partial charge in [-0.3, -0.25) is 4.79 Å². The maximum absolute atomic E-state index is 12.3. The first-order valence-electron chi connectivity index (χ1n) is 7.64. The SMILES string of the molecule is Cc1cc(C)cc(OCCN(C)C(=O)[C@@H]2CNC[C@H]2C)c1. The standard InChI is InChI=1S/C17H26N2O2/c1-12-7-13(2)9-15(8-12)21-6-5-19(4)17(20)16-11-18-10-14(16)3/h7-9,14,16,18H,5-6,10-11H2,1-4H3/t14-,16-/m1/s1. The van der Waals surface area contributed by atoms with Crippen molar-refractivity contribution in [3.05, 3.63) is 29.3 Å². The molecule has 1 aromatic rings. The van der Waals surface area contributed by atoms with Crippen LogP contribution in [-0.4, -0.2) is 44.1 Å². The molecule has 0 saturated carbocycles. The van der Waals surface area contributed by atoms with Crippen LogP contribution in [0.2, 0.25) is 0 Å². The maximum atomic E-state index is 12.3. The van der Waals surface area contributed by atoms with E-state index in [-0.39, 0.29) is 11.8 Å². The predicted octanol–water partition coefficient (Wildman–Crippen LogP) is 2.00. The van der Waals surface area contributed by atoms with Gasteiger partial charge in [-0.05, 0) is 49.6 Å². The van der Waals surface area contributed by atoms with E-state index in [2.05, 4.69) is 32.2 Å². The van der Waals surface area contributed by atoms with Crippen LogP contribution in [0.15, 0.2) is 18.2 Å². The Balaban J connectivity index is 1.81. The van der Waals surface area contributed by atoms with Crippen molar-refractivity contribution in [2.24, 2.45) is 11.8 Å². The average molecular weight is 290 g/mol. The molecule has 0 unspecified atom stereocenters. The van der Waals surface area contributed by atoms with Crippen LogP contribution < -0.4 is 10.1 Å². The third-order valence-electron chi connectivity index (χ3n) is 4.10. The zero-order valence-electron chi connectivity index (χ0n) is 13.5. The summed E-state index contributed by atoms with van der Waals surface area (Å²) in [5.74, 6) is 1.62. The number of rotatable bonds is 5. The highest BCUT2D eigenvalue weighted by Gasteiger charge is 2.31. The first-order valence-corrected chi connectivity index (χ1v) is 7.64. The fourth-order valence-corrected chi connectivity index (χ4v) is 2.85. The molecular weight excluding hydrogens is 264 g/mol. The number of carbonyl (C=O) groups is 1. The van der Waals surface area contributed by atoms with Crippen LogP contribution in [0.5, 0.6) is 5.75 Å². The van der Waals surface area contributed by atoms with Gasteiger partial charge in [0.25, 0.3) is 0 Å². The Morgan fingerprint density at radius 1 is 1.29 bits per heavy atom. The summed E-state index contributed by atoms with van der Waals surface area (Å²) in [4.78, 5) is 14.1. The fourth-order valence-electron chi connectivity index (χ4n) is 2.85. The molecule has 0 spiro atoms. The second kappa shape index (κ2) is 6.94. The van der Waals surface area contributed by atoms with Crippen molar-refractivity contribution in [2.45, 2.75) is 20.8 Å². The summed E-state index contributed by atoms with van der Waals surface area (Å²) in [5.41, 5.74) is 2.39. The van der Waals surface area contributed by atoms with Crippen LogP contribution in [0, 0.1) is 25.7 Å². The minimum absolute atomic E-state index is 0.108. The fraction of sp³-hybridized carbons (Fsp3) is 0.588. The lowest BCUT2D eigenvalue weighted by Gasteiger charge is -2.23. The van der Waals surface area contributed by atoms with E-state index in [1.54, 1.807) is 4.90 Å². The summed E-state index contributed by atoms with van der Waals surface area (Å²) in [5, 5.41) is 3.27. The number of aryl methyl sites for hydroxylation is 2. The molecule has 116 valence electrons. The number of nitrogens with zero attached hydrogens (tertiary/aromatic N) is 1. The van der Waals surface area contributed by atoms with Crippen molar-refractivity contribution >= 4 is 5.91 Å². The van der Waals surface area contributed by atoms with Gasteiger partial charge in [-0.1, -0.05) is 13.0 Å². The Labute approximate surface area is 127 Å². The molecule has 0 bridgehead atoms. The van der Waals surface area contributed by atoms with Gasteiger partial charge < -0.3 is 15.0 Å². The Morgan fingerprint density at radius 2 is 1.95 bits per heavy atom. The number of amides is 1. The molecule has 1 saturated heterocycles. The van der Waals surface area contributed by atoms with Crippen molar-refractivity contribution in [1.82, 2.24) is 10.2 Å². The molecule has 0 aromatic heterocycles. The van der Waals surface area contributed by atoms with E-state index in [9.17, 15) is 4.79 Å². The minimum atomic E-state index is 0.108. The Kier molecular flexibility index (Phi) is 5.23. The topological polar surface area (TPSA) is 41.6 Å². The van der Waals surface area contributed by atoms with E-state index in [1.165, 1.54) is 11.1 Å². The molecule has 21 heavy (non-hydrogen) atoms. The molecule has 1 aromatic carbocycles. The zero-order valence-corrected chi connectivity index (χ0v) is 13.5. The molecule has 0 aliphatic carbocycles. The average Bonchev–Trinajstić information content (AvgIpc) is 2.83. The van der Waals surface area contributed by atoms with Gasteiger partial charge in [-0.15, -0.1) is 0 Å². The molecule has 0 radical (unpaired) electrons. The Morgan fingerprint density at radius 3 is 2.52 bits per heavy atom. The minimum Gasteiger partial charge on any atom is -0.492 e. The van der Waals surface area contributed by atoms with E-state index in [0.29, 0.717) is 19.1 Å². The predicted molar refractivity (Wildman–Crippen MR) is 84.6 cm³/mol. The van der Waals surface area contributed by atoms with Crippen molar-refractivity contribution in [3.8, 4) is 5.75 Å². The van der Waals surface area contributed by atoms with Gasteiger partial charge in [0.2, 0.25) is 5.91 Å². The van der Waals surface area contributed by atoms with Gasteiger partial charge in [0.1, 0.15) is 12.4 Å². The molecule has 1 aliphatic heterocycles. The maximum Gasteiger partial charge on any atom is 0.227 e. The molecule has 1 fully saturated rings. The van der Waals surface area contributed by atoms with Gasteiger partial charge in [0, 0.05) is 13.6 Å². The van der Waals surface area contributed by atoms with Crippen molar-refractivity contribution in [2.75, 3.05) is 33.3 Å². The summed E-state index contributed by atoms with van der Waals surface area (Å²) >= 11 is 0. The first kappa shape index (κ1) is 15.8. The summed E-state index contributed by atoms with van der Waals surface area (Å²) < 4.78 is 5.77. The lowest BCUT2D eigenvalue weighted by atomic mass is 9.97. The molecule has 1 amide bonds. The number of hydrogen-bond donors (Lipinski definition) is 1. The number of carbonyl (C=O) groups excluding carboxylic acids is 1. The van der Waals surface area contributed by atoms with Gasteiger partial charge in [0.05, 0.1) is 12.5 Å². The van der Waals surface area contributed by atoms with E-state index < -0.39 is 0 Å². The third-order valence-corrected chi connectivity index (χ3v) is 4.10. The van der Waals surface area contributed by atoms with Crippen LogP contribution in [0.25, 0.3) is 0 Å². The highest BCUT2D eigenvalue weighted by atomic mass is 16.5. The lowest BCUT2D eigenvalue weighted by Crippen LogP contribution is -2.38. The molecule has 1 aliphatic rings. The summed E-state index contributed by atoms with van der Waals surface area (Å²) in [7, 11) is 1.86. The summed E-state index contributed by atoms with van der Waals surface area (Å²) in [6.07, 6.45) is 0. The summed E-state index contributed by atoms with van der Waals surface area (Å²) in [6.45, 7) is 9.12. The van der Waals surface area contributed by atoms with Gasteiger partial charge in [-0.25, -0.2) is 0 Å². The zero-order chi connectivity index (χ0) is 15.4. The second-order valence-corrected chi connectivity index (χ2v) is 6.17. The van der Waals surface area contributed by atoms with Crippen LogP contribution in [-0.2, 0) is 4.79 Å². The highest BCUT2D eigenvalue weighted by molar-refractivity contribution is 5.79. The van der Waals surface area contributed by atoms with E-state index >= 15 is 0 Å². The second-order valence-electron chi connectivity index (χ2n) is 6.17. The van der Waals surface area contributed by atoms with Crippen LogP contribution >= 0.6 is 0 Å². The van der Waals surface area contributed by atoms with Crippen LogP contribution in [0.4, 0.5) is 0 Å². The third kappa shape index (κ3) is 4.21. The van der Waals surface area contributed by atoms with Crippen LogP contribution in [0.1, 0.15) is 18.1 Å². The molecule has 2 atom stereocenters. The highest BCUT2D eigenvalue weighted by Crippen LogP contribution is 2.18. The number of hydrogen-bond acceptors (Lipinski definition) is 3. The normalized spacial score (nSPS) is 21.3. The number of benzene rings is 1. The molecule has 1 heterocycles. The van der Waals surface area contributed by atoms with Gasteiger partial charge in [-0.2, -0.15) is 0 Å². The first-order chi connectivity index (χ1) is 9.97. The molecule has 1 N–H and O–H groups in total. The largest absolute Gasteiger partial charge is 0.492 e. The van der Waals surface area contributed by atoms with Gasteiger partial charge >= 0.3 is 0 Å². The lowest BCUT2D eigenvalue weighted by molar-refractivity contribution is -0.134. The van der Waals surface area contributed by atoms with Crippen molar-refractivity contribution in [3.63, 3.8) is 0 Å². The van der Waals surface area contributed by atoms with Gasteiger partial charge in [0.15, 0.2) is 0 Å². The van der Waals surface area contributed by atoms with Crippen molar-refractivity contribution < 1.29 is 9.53 Å². The number of nitrogens with one attached hydrogen (secondary N) is 1. The number of likely N-dealkylation sites (N-methyl/N-ethyl adjacent to an activating group) is 1. The molecule has 4 nitrogen and oxygen atoms in total. The van der Waals surface area contributed by atoms with E-state index in [4.69, 9.17) is 4.74 Å². The molecular formula is C17H26N2O2. The van der Waals surface area contributed by atoms with E-state index in [1.807, 2.05) is 19.2 Å². The van der Waals surface area contributed by atoms with E-state index in [0.717, 1.165) is 18.8 Å². The smallest absolute Gasteiger partial charge is 0.227 e. The quantitative estimate of drug-likeness (QED) is 0.902. The van der Waals surface area contributed by atoms with Crippen molar-refractivity contribution in [1.29, 1.82) is 0 Å². The monoisotopic (exact) mass is 290 g/mol. The Bertz CT molecular complexity index is 481. The Hall–Kier alpha value is -1.55.